The van der Waals surface area contributed by atoms with Gasteiger partial charge in [-0.05, 0) is 49.8 Å². The quantitative estimate of drug-likeness (QED) is 0.797. The van der Waals surface area contributed by atoms with Gasteiger partial charge in [-0.15, -0.1) is 0 Å². The first-order valence-corrected chi connectivity index (χ1v) is 9.22. The number of halogens is 3. The van der Waals surface area contributed by atoms with Crippen molar-refractivity contribution in [3.63, 3.8) is 0 Å². The van der Waals surface area contributed by atoms with E-state index >= 15 is 0 Å². The van der Waals surface area contributed by atoms with E-state index in [0.29, 0.717) is 24.1 Å². The standard InChI is InChI=1S/C20H20F3N3O2/c1-12-3-2-4-17(25-12)19(27)26-10-14-7-13(14)8-16(26)11-28-18-6-5-15(9-24-18)20(21,22)23/h2-6,9,13-14,16H,7-8,10-11H2,1H3/t13?,14-,16-/m0/s1. The molecule has 3 heterocycles. The molecule has 8 heteroatoms. The molecule has 1 aliphatic carbocycles. The fraction of sp³-hybridized carbons (Fsp3) is 0.450. The predicted octanol–water partition coefficient (Wildman–Crippen LogP) is 3.73. The molecule has 2 fully saturated rings. The molecule has 1 unspecified atom stereocenters. The number of fused-ring (bicyclic) bond motifs is 1. The van der Waals surface area contributed by atoms with Gasteiger partial charge in [-0.25, -0.2) is 9.97 Å². The van der Waals surface area contributed by atoms with Crippen LogP contribution in [0.25, 0.3) is 0 Å². The fourth-order valence-corrected chi connectivity index (χ4v) is 3.73. The van der Waals surface area contributed by atoms with Gasteiger partial charge in [-0.1, -0.05) is 6.07 Å². The first-order valence-electron chi connectivity index (χ1n) is 9.22. The third kappa shape index (κ3) is 3.95. The predicted molar refractivity (Wildman–Crippen MR) is 94.7 cm³/mol. The van der Waals surface area contributed by atoms with Crippen molar-refractivity contribution < 1.29 is 22.7 Å². The highest BCUT2D eigenvalue weighted by atomic mass is 19.4. The van der Waals surface area contributed by atoms with Crippen LogP contribution in [0.4, 0.5) is 13.2 Å². The Morgan fingerprint density at radius 3 is 2.71 bits per heavy atom. The van der Waals surface area contributed by atoms with Crippen molar-refractivity contribution in [1.29, 1.82) is 0 Å². The van der Waals surface area contributed by atoms with Crippen LogP contribution in [-0.2, 0) is 6.18 Å². The van der Waals surface area contributed by atoms with Crippen LogP contribution in [-0.4, -0.2) is 40.0 Å². The van der Waals surface area contributed by atoms with E-state index in [2.05, 4.69) is 9.97 Å². The van der Waals surface area contributed by atoms with Crippen LogP contribution in [0.3, 0.4) is 0 Å². The van der Waals surface area contributed by atoms with E-state index in [4.69, 9.17) is 4.74 Å². The summed E-state index contributed by atoms with van der Waals surface area (Å²) in [7, 11) is 0. The van der Waals surface area contributed by atoms with Gasteiger partial charge in [0.15, 0.2) is 0 Å². The van der Waals surface area contributed by atoms with E-state index in [0.717, 1.165) is 30.8 Å². The van der Waals surface area contributed by atoms with E-state index in [1.54, 1.807) is 17.0 Å². The van der Waals surface area contributed by atoms with Gasteiger partial charge < -0.3 is 9.64 Å². The fourth-order valence-electron chi connectivity index (χ4n) is 3.73. The summed E-state index contributed by atoms with van der Waals surface area (Å²) in [5, 5.41) is 0. The van der Waals surface area contributed by atoms with Gasteiger partial charge in [0.05, 0.1) is 11.6 Å². The van der Waals surface area contributed by atoms with Crippen LogP contribution in [0, 0.1) is 18.8 Å². The zero-order chi connectivity index (χ0) is 19.9. The minimum atomic E-state index is -4.43. The number of ether oxygens (including phenoxy) is 1. The van der Waals surface area contributed by atoms with Crippen LogP contribution in [0.5, 0.6) is 5.88 Å². The highest BCUT2D eigenvalue weighted by molar-refractivity contribution is 5.92. The Morgan fingerprint density at radius 2 is 2.04 bits per heavy atom. The summed E-state index contributed by atoms with van der Waals surface area (Å²) < 4.78 is 43.6. The monoisotopic (exact) mass is 391 g/mol. The Hall–Kier alpha value is -2.64. The van der Waals surface area contributed by atoms with Gasteiger partial charge in [0.2, 0.25) is 5.88 Å². The van der Waals surface area contributed by atoms with Gasteiger partial charge in [0.1, 0.15) is 12.3 Å². The molecule has 148 valence electrons. The Labute approximate surface area is 160 Å². The number of carbonyl (C=O) groups is 1. The lowest BCUT2D eigenvalue weighted by Gasteiger charge is -2.35. The average molecular weight is 391 g/mol. The van der Waals surface area contributed by atoms with E-state index in [1.807, 2.05) is 13.0 Å². The second kappa shape index (κ2) is 7.07. The number of pyridine rings is 2. The van der Waals surface area contributed by atoms with Crippen molar-refractivity contribution in [1.82, 2.24) is 14.9 Å². The van der Waals surface area contributed by atoms with Crippen LogP contribution in [0.2, 0.25) is 0 Å². The summed E-state index contributed by atoms with van der Waals surface area (Å²) in [5.41, 5.74) is 0.353. The molecule has 28 heavy (non-hydrogen) atoms. The Kier molecular flexibility index (Phi) is 4.72. The van der Waals surface area contributed by atoms with E-state index < -0.39 is 11.7 Å². The van der Waals surface area contributed by atoms with Crippen molar-refractivity contribution in [2.75, 3.05) is 13.2 Å². The SMILES string of the molecule is Cc1cccc(C(=O)N2C[C@@H]3CC3C[C@H]2COc2ccc(C(F)(F)F)cn2)n1. The summed E-state index contributed by atoms with van der Waals surface area (Å²) in [6, 6.07) is 7.34. The molecule has 0 spiro atoms. The molecule has 2 aromatic heterocycles. The maximum atomic E-state index is 13.0. The number of hydrogen-bond donors (Lipinski definition) is 0. The molecule has 3 atom stereocenters. The van der Waals surface area contributed by atoms with Crippen LogP contribution in [0.15, 0.2) is 36.5 Å². The summed E-state index contributed by atoms with van der Waals surface area (Å²) in [5.74, 6) is 1.09. The van der Waals surface area contributed by atoms with Gasteiger partial charge in [0, 0.05) is 24.5 Å². The average Bonchev–Trinajstić information content (AvgIpc) is 3.43. The molecule has 2 aliphatic rings. The molecule has 1 aliphatic heterocycles. The van der Waals surface area contributed by atoms with Crippen LogP contribution >= 0.6 is 0 Å². The van der Waals surface area contributed by atoms with Crippen molar-refractivity contribution in [3.8, 4) is 5.88 Å². The number of amides is 1. The lowest BCUT2D eigenvalue weighted by atomic mass is 10.0. The molecule has 1 saturated heterocycles. The zero-order valence-electron chi connectivity index (χ0n) is 15.3. The van der Waals surface area contributed by atoms with E-state index in [1.165, 1.54) is 6.07 Å². The summed E-state index contributed by atoms with van der Waals surface area (Å²) >= 11 is 0. The number of aryl methyl sites for hydroxylation is 1. The normalized spacial score (nSPS) is 23.9. The van der Waals surface area contributed by atoms with Gasteiger partial charge in [0.25, 0.3) is 5.91 Å². The number of likely N-dealkylation sites (tertiary alicyclic amines) is 1. The number of hydrogen-bond acceptors (Lipinski definition) is 4. The van der Waals surface area contributed by atoms with Crippen molar-refractivity contribution >= 4 is 5.91 Å². The minimum Gasteiger partial charge on any atom is -0.475 e. The first-order chi connectivity index (χ1) is 13.3. The Bertz CT molecular complexity index is 870. The highest BCUT2D eigenvalue weighted by Gasteiger charge is 2.47. The van der Waals surface area contributed by atoms with Crippen LogP contribution < -0.4 is 4.74 Å². The number of aromatic nitrogens is 2. The van der Waals surface area contributed by atoms with Gasteiger partial charge >= 0.3 is 6.18 Å². The van der Waals surface area contributed by atoms with Crippen molar-refractivity contribution in [2.24, 2.45) is 11.8 Å². The van der Waals surface area contributed by atoms with E-state index in [-0.39, 0.29) is 24.4 Å². The maximum Gasteiger partial charge on any atom is 0.417 e. The Balaban J connectivity index is 1.45. The first kappa shape index (κ1) is 18.7. The molecule has 0 bridgehead atoms. The highest BCUT2D eigenvalue weighted by Crippen LogP contribution is 2.47. The van der Waals surface area contributed by atoms with Crippen molar-refractivity contribution in [2.45, 2.75) is 32.0 Å². The molecular weight excluding hydrogens is 371 g/mol. The molecule has 4 rings (SSSR count). The van der Waals surface area contributed by atoms with Gasteiger partial charge in [-0.2, -0.15) is 13.2 Å². The maximum absolute atomic E-state index is 13.0. The number of rotatable bonds is 4. The van der Waals surface area contributed by atoms with Gasteiger partial charge in [-0.3, -0.25) is 4.79 Å². The Morgan fingerprint density at radius 1 is 1.21 bits per heavy atom. The summed E-state index contributed by atoms with van der Waals surface area (Å²) in [4.78, 5) is 22.8. The minimum absolute atomic E-state index is 0.118. The smallest absolute Gasteiger partial charge is 0.417 e. The molecular formula is C20H20F3N3O2. The van der Waals surface area contributed by atoms with Crippen LogP contribution in [0.1, 0.15) is 34.6 Å². The molecule has 0 N–H and O–H groups in total. The molecule has 1 saturated carbocycles. The summed E-state index contributed by atoms with van der Waals surface area (Å²) in [6.07, 6.45) is -1.75. The second-order valence-corrected chi connectivity index (χ2v) is 7.46. The summed E-state index contributed by atoms with van der Waals surface area (Å²) in [6.45, 7) is 2.69. The second-order valence-electron chi connectivity index (χ2n) is 7.46. The molecule has 1 amide bonds. The third-order valence-corrected chi connectivity index (χ3v) is 5.37. The molecule has 5 nitrogen and oxygen atoms in total. The van der Waals surface area contributed by atoms with E-state index in [9.17, 15) is 18.0 Å². The topological polar surface area (TPSA) is 55.3 Å². The number of carbonyl (C=O) groups excluding carboxylic acids is 1. The largest absolute Gasteiger partial charge is 0.475 e. The molecule has 0 radical (unpaired) electrons. The zero-order valence-corrected chi connectivity index (χ0v) is 15.3. The molecule has 0 aromatic carbocycles. The number of piperidine rings is 1. The number of nitrogens with zero attached hydrogens (tertiary/aromatic N) is 3. The lowest BCUT2D eigenvalue weighted by molar-refractivity contribution is -0.137. The molecule has 2 aromatic rings. The lowest BCUT2D eigenvalue weighted by Crippen LogP contribution is -2.48. The third-order valence-electron chi connectivity index (χ3n) is 5.37. The number of alkyl halides is 3. The van der Waals surface area contributed by atoms with Crippen molar-refractivity contribution in [3.05, 3.63) is 53.5 Å².